The van der Waals surface area contributed by atoms with Crippen molar-refractivity contribution in [2.75, 3.05) is 18.6 Å². The molecule has 2 heterocycles. The predicted molar refractivity (Wildman–Crippen MR) is 92.0 cm³/mol. The first-order chi connectivity index (χ1) is 12.0. The molecule has 8 nitrogen and oxygen atoms in total. The fourth-order valence-electron chi connectivity index (χ4n) is 3.40. The second-order valence-electron chi connectivity index (χ2n) is 6.04. The molecule has 0 bridgehead atoms. The molecular weight excluding hydrogens is 324 g/mol. The molecule has 1 saturated heterocycles. The monoisotopic (exact) mass is 344 g/mol. The van der Waals surface area contributed by atoms with Gasteiger partial charge in [-0.2, -0.15) is 5.10 Å². The average Bonchev–Trinajstić information content (AvgIpc) is 2.89. The summed E-state index contributed by atoms with van der Waals surface area (Å²) in [5, 5.41) is 15.5. The highest BCUT2D eigenvalue weighted by Crippen LogP contribution is 2.35. The van der Waals surface area contributed by atoms with E-state index in [9.17, 15) is 14.9 Å². The molecule has 1 atom stereocenters. The normalized spacial score (nSPS) is 17.6. The highest BCUT2D eigenvalue weighted by molar-refractivity contribution is 5.98. The molecule has 0 unspecified atom stereocenters. The van der Waals surface area contributed by atoms with Crippen LogP contribution in [0.2, 0.25) is 0 Å². The summed E-state index contributed by atoms with van der Waals surface area (Å²) in [5.74, 6) is 0.493. The Kier molecular flexibility index (Phi) is 4.43. The molecule has 2 aromatic rings. The standard InChI is InChI=1S/C17H20N4O4/c1-11-16(21(23)24)12(2)20(18-11)14-8-6-10-19(17(14)22)13-7-4-5-9-15(13)25-3/h4-5,7,9,14H,6,8,10H2,1-3H3/t14-/m0/s1. The fraction of sp³-hybridized carbons (Fsp3) is 0.412. The van der Waals surface area contributed by atoms with Crippen LogP contribution in [0, 0.1) is 24.0 Å². The zero-order valence-corrected chi connectivity index (χ0v) is 14.4. The lowest BCUT2D eigenvalue weighted by molar-refractivity contribution is -0.386. The number of carbonyl (C=O) groups excluding carboxylic acids is 1. The molecule has 0 aliphatic carbocycles. The van der Waals surface area contributed by atoms with Crippen LogP contribution in [-0.4, -0.2) is 34.3 Å². The van der Waals surface area contributed by atoms with Gasteiger partial charge in [-0.25, -0.2) is 4.68 Å². The third-order valence-electron chi connectivity index (χ3n) is 4.55. The number of nitrogens with zero attached hydrogens (tertiary/aromatic N) is 4. The third-order valence-corrected chi connectivity index (χ3v) is 4.55. The number of methoxy groups -OCH3 is 1. The minimum atomic E-state index is -0.550. The van der Waals surface area contributed by atoms with Crippen molar-refractivity contribution in [3.05, 3.63) is 45.8 Å². The number of amides is 1. The highest BCUT2D eigenvalue weighted by atomic mass is 16.6. The summed E-state index contributed by atoms with van der Waals surface area (Å²) in [4.78, 5) is 25.5. The van der Waals surface area contributed by atoms with Crippen molar-refractivity contribution in [3.8, 4) is 5.75 Å². The Bertz CT molecular complexity index is 830. The molecule has 1 amide bonds. The molecule has 1 fully saturated rings. The molecule has 0 saturated carbocycles. The first kappa shape index (κ1) is 16.9. The van der Waals surface area contributed by atoms with E-state index in [4.69, 9.17) is 4.74 Å². The van der Waals surface area contributed by atoms with Crippen LogP contribution in [0.15, 0.2) is 24.3 Å². The summed E-state index contributed by atoms with van der Waals surface area (Å²) in [5.41, 5.74) is 1.41. The first-order valence-corrected chi connectivity index (χ1v) is 8.10. The van der Waals surface area contributed by atoms with Gasteiger partial charge >= 0.3 is 5.69 Å². The number of piperidine rings is 1. The van der Waals surface area contributed by atoms with Crippen molar-refractivity contribution >= 4 is 17.3 Å². The van der Waals surface area contributed by atoms with Gasteiger partial charge in [0, 0.05) is 6.54 Å². The maximum absolute atomic E-state index is 13.1. The second-order valence-corrected chi connectivity index (χ2v) is 6.04. The Morgan fingerprint density at radius 2 is 2.04 bits per heavy atom. The lowest BCUT2D eigenvalue weighted by Crippen LogP contribution is -2.43. The molecule has 1 aromatic carbocycles. The SMILES string of the molecule is COc1ccccc1N1CCC[C@H](n2nc(C)c([N+](=O)[O-])c2C)C1=O. The summed E-state index contributed by atoms with van der Waals surface area (Å²) in [6, 6.07) is 6.79. The number of nitro groups is 1. The van der Waals surface area contributed by atoms with Gasteiger partial charge in [0.1, 0.15) is 23.2 Å². The molecule has 0 radical (unpaired) electrons. The number of hydrogen-bond acceptors (Lipinski definition) is 5. The number of aryl methyl sites for hydroxylation is 1. The number of carbonyl (C=O) groups is 1. The van der Waals surface area contributed by atoms with Crippen LogP contribution in [-0.2, 0) is 4.79 Å². The number of aromatic nitrogens is 2. The van der Waals surface area contributed by atoms with Crippen LogP contribution in [0.5, 0.6) is 5.75 Å². The molecule has 0 N–H and O–H groups in total. The van der Waals surface area contributed by atoms with Crippen LogP contribution >= 0.6 is 0 Å². The molecule has 8 heteroatoms. The van der Waals surface area contributed by atoms with E-state index in [2.05, 4.69) is 5.10 Å². The van der Waals surface area contributed by atoms with Gasteiger partial charge in [0.15, 0.2) is 0 Å². The van der Waals surface area contributed by atoms with E-state index in [-0.39, 0.29) is 11.6 Å². The molecule has 1 aliphatic heterocycles. The van der Waals surface area contributed by atoms with E-state index >= 15 is 0 Å². The summed E-state index contributed by atoms with van der Waals surface area (Å²) < 4.78 is 6.86. The number of hydrogen-bond donors (Lipinski definition) is 0. The lowest BCUT2D eigenvalue weighted by atomic mass is 10.0. The van der Waals surface area contributed by atoms with Crippen molar-refractivity contribution in [2.45, 2.75) is 32.7 Å². The van der Waals surface area contributed by atoms with Gasteiger partial charge < -0.3 is 9.64 Å². The van der Waals surface area contributed by atoms with E-state index in [1.165, 1.54) is 4.68 Å². The van der Waals surface area contributed by atoms with Crippen molar-refractivity contribution in [2.24, 2.45) is 0 Å². The van der Waals surface area contributed by atoms with Crippen molar-refractivity contribution in [1.82, 2.24) is 9.78 Å². The minimum Gasteiger partial charge on any atom is -0.495 e. The maximum atomic E-state index is 13.1. The molecule has 25 heavy (non-hydrogen) atoms. The Balaban J connectivity index is 1.99. The smallest absolute Gasteiger partial charge is 0.312 e. The number of benzene rings is 1. The topological polar surface area (TPSA) is 90.5 Å². The van der Waals surface area contributed by atoms with Crippen LogP contribution in [0.3, 0.4) is 0 Å². The number of para-hydroxylation sites is 2. The van der Waals surface area contributed by atoms with Gasteiger partial charge in [-0.05, 0) is 38.8 Å². The second kappa shape index (κ2) is 6.54. The van der Waals surface area contributed by atoms with Crippen LogP contribution in [0.25, 0.3) is 0 Å². The van der Waals surface area contributed by atoms with E-state index in [0.29, 0.717) is 35.8 Å². The number of anilines is 1. The average molecular weight is 344 g/mol. The lowest BCUT2D eigenvalue weighted by Gasteiger charge is -2.33. The molecular formula is C17H20N4O4. The van der Waals surface area contributed by atoms with Gasteiger partial charge in [0.25, 0.3) is 5.91 Å². The van der Waals surface area contributed by atoms with Gasteiger partial charge in [-0.3, -0.25) is 14.9 Å². The van der Waals surface area contributed by atoms with E-state index in [1.807, 2.05) is 18.2 Å². The zero-order chi connectivity index (χ0) is 18.1. The Morgan fingerprint density at radius 1 is 1.32 bits per heavy atom. The van der Waals surface area contributed by atoms with Gasteiger partial charge in [0.2, 0.25) is 0 Å². The van der Waals surface area contributed by atoms with Crippen LogP contribution < -0.4 is 9.64 Å². The van der Waals surface area contributed by atoms with Crippen molar-refractivity contribution < 1.29 is 14.5 Å². The molecule has 3 rings (SSSR count). The van der Waals surface area contributed by atoms with Gasteiger partial charge in [-0.15, -0.1) is 0 Å². The van der Waals surface area contributed by atoms with Crippen molar-refractivity contribution in [3.63, 3.8) is 0 Å². The quantitative estimate of drug-likeness (QED) is 0.628. The van der Waals surface area contributed by atoms with E-state index < -0.39 is 11.0 Å². The van der Waals surface area contributed by atoms with E-state index in [0.717, 1.165) is 6.42 Å². The third kappa shape index (κ3) is 2.84. The minimum absolute atomic E-state index is 0.0257. The number of rotatable bonds is 4. The zero-order valence-electron chi connectivity index (χ0n) is 14.4. The highest BCUT2D eigenvalue weighted by Gasteiger charge is 2.36. The maximum Gasteiger partial charge on any atom is 0.312 e. The van der Waals surface area contributed by atoms with Crippen molar-refractivity contribution in [1.29, 1.82) is 0 Å². The van der Waals surface area contributed by atoms with Crippen LogP contribution in [0.4, 0.5) is 11.4 Å². The van der Waals surface area contributed by atoms with E-state index in [1.54, 1.807) is 31.9 Å². The fourth-order valence-corrected chi connectivity index (χ4v) is 3.40. The molecule has 0 spiro atoms. The van der Waals surface area contributed by atoms with Crippen LogP contribution in [0.1, 0.15) is 30.3 Å². The Morgan fingerprint density at radius 3 is 2.68 bits per heavy atom. The van der Waals surface area contributed by atoms with Gasteiger partial charge in [-0.1, -0.05) is 12.1 Å². The van der Waals surface area contributed by atoms with Gasteiger partial charge in [0.05, 0.1) is 17.7 Å². The summed E-state index contributed by atoms with van der Waals surface area (Å²) in [7, 11) is 1.56. The molecule has 132 valence electrons. The summed E-state index contributed by atoms with van der Waals surface area (Å²) in [6.07, 6.45) is 1.38. The summed E-state index contributed by atoms with van der Waals surface area (Å²) in [6.45, 7) is 3.80. The summed E-state index contributed by atoms with van der Waals surface area (Å²) >= 11 is 0. The molecule has 1 aliphatic rings. The predicted octanol–water partition coefficient (Wildman–Crippen LogP) is 2.78. The Labute approximate surface area is 145 Å². The largest absolute Gasteiger partial charge is 0.495 e. The Hall–Kier alpha value is -2.90. The number of ether oxygens (including phenoxy) is 1. The molecule has 1 aromatic heterocycles. The first-order valence-electron chi connectivity index (χ1n) is 8.10.